The van der Waals surface area contributed by atoms with Crippen molar-refractivity contribution in [2.24, 2.45) is 0 Å². The molecule has 0 saturated carbocycles. The normalized spacial score (nSPS) is 11.8. The van der Waals surface area contributed by atoms with Crippen LogP contribution in [0.3, 0.4) is 0 Å². The monoisotopic (exact) mass is 410 g/mol. The van der Waals surface area contributed by atoms with Crippen LogP contribution < -0.4 is 4.74 Å². The van der Waals surface area contributed by atoms with E-state index in [9.17, 15) is 8.42 Å². The van der Waals surface area contributed by atoms with Crippen LogP contribution in [-0.2, 0) is 15.6 Å². The first-order chi connectivity index (χ1) is 13.9. The van der Waals surface area contributed by atoms with Crippen LogP contribution in [0.5, 0.6) is 5.75 Å². The Morgan fingerprint density at radius 2 is 1.93 bits per heavy atom. The molecule has 4 aromatic rings. The number of pyridine rings is 1. The molecule has 0 radical (unpaired) electrons. The van der Waals surface area contributed by atoms with Gasteiger partial charge in [0.1, 0.15) is 11.5 Å². The standard InChI is InChI=1S/C21H22N4O3S/c1-4-28-20-14(2)12-22-19(15(20)3)13-29(26,27)21-23-17-8-7-16(11-18(17)24-21)25-9-5-6-10-25/h5-12H,4,13H2,1-3H3,(H,23,24). The Bertz CT molecular complexity index is 1280. The van der Waals surface area contributed by atoms with Crippen molar-refractivity contribution < 1.29 is 13.2 Å². The van der Waals surface area contributed by atoms with Crippen LogP contribution in [0.25, 0.3) is 16.7 Å². The Balaban J connectivity index is 1.69. The van der Waals surface area contributed by atoms with E-state index in [-0.39, 0.29) is 10.9 Å². The van der Waals surface area contributed by atoms with Gasteiger partial charge in [0.2, 0.25) is 15.0 Å². The van der Waals surface area contributed by atoms with Crippen molar-refractivity contribution in [3.63, 3.8) is 0 Å². The van der Waals surface area contributed by atoms with Crippen molar-refractivity contribution in [3.05, 3.63) is 65.7 Å². The van der Waals surface area contributed by atoms with E-state index in [1.165, 1.54) is 0 Å². The van der Waals surface area contributed by atoms with Gasteiger partial charge < -0.3 is 14.3 Å². The molecule has 150 valence electrons. The second-order valence-electron chi connectivity index (χ2n) is 6.87. The second-order valence-corrected chi connectivity index (χ2v) is 8.77. The minimum absolute atomic E-state index is 0.0584. The number of hydrogen-bond acceptors (Lipinski definition) is 5. The Morgan fingerprint density at radius 3 is 2.66 bits per heavy atom. The molecule has 0 aliphatic heterocycles. The summed E-state index contributed by atoms with van der Waals surface area (Å²) in [5, 5.41) is -0.0584. The first kappa shape index (κ1) is 19.2. The highest BCUT2D eigenvalue weighted by Crippen LogP contribution is 2.27. The first-order valence-electron chi connectivity index (χ1n) is 9.33. The lowest BCUT2D eigenvalue weighted by atomic mass is 10.1. The molecule has 3 heterocycles. The molecule has 8 heteroatoms. The molecule has 1 aromatic carbocycles. The fourth-order valence-electron chi connectivity index (χ4n) is 3.31. The predicted molar refractivity (Wildman–Crippen MR) is 111 cm³/mol. The number of aromatic amines is 1. The highest BCUT2D eigenvalue weighted by molar-refractivity contribution is 7.90. The van der Waals surface area contributed by atoms with E-state index >= 15 is 0 Å². The third kappa shape index (κ3) is 3.63. The maximum atomic E-state index is 13.0. The van der Waals surface area contributed by atoms with Crippen LogP contribution in [0.2, 0.25) is 0 Å². The van der Waals surface area contributed by atoms with Crippen LogP contribution in [0.4, 0.5) is 0 Å². The van der Waals surface area contributed by atoms with E-state index in [0.29, 0.717) is 29.1 Å². The van der Waals surface area contributed by atoms with E-state index in [0.717, 1.165) is 16.8 Å². The lowest BCUT2D eigenvalue weighted by molar-refractivity contribution is 0.334. The molecule has 0 aliphatic rings. The summed E-state index contributed by atoms with van der Waals surface area (Å²) in [5.74, 6) is 0.442. The highest BCUT2D eigenvalue weighted by atomic mass is 32.2. The van der Waals surface area contributed by atoms with Crippen molar-refractivity contribution in [2.45, 2.75) is 31.7 Å². The zero-order valence-corrected chi connectivity index (χ0v) is 17.3. The van der Waals surface area contributed by atoms with Gasteiger partial charge in [0.15, 0.2) is 0 Å². The maximum Gasteiger partial charge on any atom is 0.226 e. The van der Waals surface area contributed by atoms with E-state index in [4.69, 9.17) is 4.74 Å². The van der Waals surface area contributed by atoms with Gasteiger partial charge in [-0.1, -0.05) is 0 Å². The Kier molecular flexibility index (Phi) is 4.87. The fourth-order valence-corrected chi connectivity index (χ4v) is 4.60. The molecule has 0 bridgehead atoms. The quantitative estimate of drug-likeness (QED) is 0.523. The molecule has 0 amide bonds. The number of aromatic nitrogens is 4. The number of benzene rings is 1. The largest absolute Gasteiger partial charge is 0.493 e. The summed E-state index contributed by atoms with van der Waals surface area (Å²) in [7, 11) is -3.70. The predicted octanol–water partition coefficient (Wildman–Crippen LogP) is 3.74. The number of imidazole rings is 1. The molecule has 0 spiro atoms. The maximum absolute atomic E-state index is 13.0. The summed E-state index contributed by atoms with van der Waals surface area (Å²) in [6.07, 6.45) is 5.50. The minimum atomic E-state index is -3.70. The first-order valence-corrected chi connectivity index (χ1v) is 11.0. The van der Waals surface area contributed by atoms with Crippen LogP contribution in [0.15, 0.2) is 54.1 Å². The van der Waals surface area contributed by atoms with Crippen molar-refractivity contribution >= 4 is 20.9 Å². The molecular weight excluding hydrogens is 388 g/mol. The summed E-state index contributed by atoms with van der Waals surface area (Å²) in [4.78, 5) is 11.6. The molecule has 0 fully saturated rings. The highest BCUT2D eigenvalue weighted by Gasteiger charge is 2.23. The lowest BCUT2D eigenvalue weighted by Crippen LogP contribution is -2.11. The molecule has 0 saturated heterocycles. The van der Waals surface area contributed by atoms with Crippen molar-refractivity contribution in [1.29, 1.82) is 0 Å². The molecular formula is C21H22N4O3S. The van der Waals surface area contributed by atoms with Gasteiger partial charge in [-0.05, 0) is 51.1 Å². The molecule has 29 heavy (non-hydrogen) atoms. The van der Waals surface area contributed by atoms with Crippen molar-refractivity contribution in [1.82, 2.24) is 19.5 Å². The van der Waals surface area contributed by atoms with Crippen LogP contribution in [0.1, 0.15) is 23.7 Å². The molecule has 1 N–H and O–H groups in total. The summed E-state index contributed by atoms with van der Waals surface area (Å²) in [6.45, 7) is 6.12. The number of nitrogens with zero attached hydrogens (tertiary/aromatic N) is 3. The zero-order chi connectivity index (χ0) is 20.6. The summed E-state index contributed by atoms with van der Waals surface area (Å²) in [5.41, 5.74) is 4.27. The number of H-pyrrole nitrogens is 1. The third-order valence-electron chi connectivity index (χ3n) is 4.80. The van der Waals surface area contributed by atoms with Gasteiger partial charge in [0.05, 0.1) is 23.3 Å². The number of sulfone groups is 1. The van der Waals surface area contributed by atoms with Gasteiger partial charge in [0, 0.05) is 35.4 Å². The van der Waals surface area contributed by atoms with Gasteiger partial charge in [-0.2, -0.15) is 0 Å². The Hall–Kier alpha value is -3.13. The van der Waals surface area contributed by atoms with Crippen molar-refractivity contribution in [3.8, 4) is 11.4 Å². The summed E-state index contributed by atoms with van der Waals surface area (Å²) in [6, 6.07) is 9.45. The molecule has 3 aromatic heterocycles. The average Bonchev–Trinajstić information content (AvgIpc) is 3.36. The zero-order valence-electron chi connectivity index (χ0n) is 16.5. The number of fused-ring (bicyclic) bond motifs is 1. The summed E-state index contributed by atoms with van der Waals surface area (Å²) >= 11 is 0. The Morgan fingerprint density at radius 1 is 1.17 bits per heavy atom. The Labute approximate surface area is 169 Å². The van der Waals surface area contributed by atoms with Crippen LogP contribution >= 0.6 is 0 Å². The van der Waals surface area contributed by atoms with Gasteiger partial charge in [-0.3, -0.25) is 4.98 Å². The smallest absolute Gasteiger partial charge is 0.226 e. The average molecular weight is 410 g/mol. The molecule has 0 unspecified atom stereocenters. The topological polar surface area (TPSA) is 89.9 Å². The van der Waals surface area contributed by atoms with E-state index in [1.807, 2.05) is 68.1 Å². The number of hydrogen-bond donors (Lipinski definition) is 1. The van der Waals surface area contributed by atoms with E-state index in [2.05, 4.69) is 15.0 Å². The SMILES string of the molecule is CCOc1c(C)cnc(CS(=O)(=O)c2nc3ccc(-n4cccc4)cc3[nH]2)c1C. The minimum Gasteiger partial charge on any atom is -0.493 e. The van der Waals surface area contributed by atoms with Gasteiger partial charge in [0.25, 0.3) is 0 Å². The second kappa shape index (κ2) is 7.36. The number of ether oxygens (including phenoxy) is 1. The van der Waals surface area contributed by atoms with E-state index < -0.39 is 9.84 Å². The third-order valence-corrected chi connectivity index (χ3v) is 6.24. The van der Waals surface area contributed by atoms with Gasteiger partial charge in [-0.15, -0.1) is 0 Å². The number of aryl methyl sites for hydroxylation is 1. The van der Waals surface area contributed by atoms with E-state index in [1.54, 1.807) is 6.20 Å². The molecule has 0 aliphatic carbocycles. The molecule has 0 atom stereocenters. The van der Waals surface area contributed by atoms with Crippen LogP contribution in [0, 0.1) is 13.8 Å². The number of nitrogens with one attached hydrogen (secondary N) is 1. The fraction of sp³-hybridized carbons (Fsp3) is 0.238. The molecule has 4 rings (SSSR count). The number of rotatable bonds is 6. The molecule has 7 nitrogen and oxygen atoms in total. The van der Waals surface area contributed by atoms with Gasteiger partial charge in [-0.25, -0.2) is 13.4 Å². The summed E-state index contributed by atoms with van der Waals surface area (Å²) < 4.78 is 33.6. The van der Waals surface area contributed by atoms with Crippen LogP contribution in [-0.4, -0.2) is 34.5 Å². The lowest BCUT2D eigenvalue weighted by Gasteiger charge is -2.13. The van der Waals surface area contributed by atoms with Gasteiger partial charge >= 0.3 is 0 Å². The van der Waals surface area contributed by atoms with Crippen molar-refractivity contribution in [2.75, 3.05) is 6.61 Å².